The highest BCUT2D eigenvalue weighted by Gasteiger charge is 2.18. The summed E-state index contributed by atoms with van der Waals surface area (Å²) < 4.78 is 4.42. The van der Waals surface area contributed by atoms with E-state index >= 15 is 0 Å². The lowest BCUT2D eigenvalue weighted by Crippen LogP contribution is -2.11. The van der Waals surface area contributed by atoms with Crippen molar-refractivity contribution in [1.29, 1.82) is 0 Å². The number of ketones is 1. The normalized spacial score (nSPS) is 11.0. The van der Waals surface area contributed by atoms with E-state index in [1.807, 2.05) is 12.1 Å². The van der Waals surface area contributed by atoms with Crippen LogP contribution in [0.3, 0.4) is 0 Å². The zero-order valence-corrected chi connectivity index (χ0v) is 12.3. The zero-order valence-electron chi connectivity index (χ0n) is 12.3. The van der Waals surface area contributed by atoms with Crippen LogP contribution in [0, 0.1) is 0 Å². The molecule has 116 valence electrons. The molecule has 0 aliphatic carbocycles. The molecule has 0 spiro atoms. The topological polar surface area (TPSA) is 66.8 Å². The first-order valence-electron chi connectivity index (χ1n) is 6.82. The summed E-state index contributed by atoms with van der Waals surface area (Å²) >= 11 is 0. The van der Waals surface area contributed by atoms with Gasteiger partial charge in [-0.05, 0) is 5.56 Å². The average Bonchev–Trinajstić information content (AvgIpc) is 2.60. The number of ether oxygens (including phenoxy) is 1. The number of hydrogen-bond acceptors (Lipinski definition) is 4. The van der Waals surface area contributed by atoms with Gasteiger partial charge in [0.1, 0.15) is 12.9 Å². The van der Waals surface area contributed by atoms with Crippen LogP contribution in [-0.4, -0.2) is 29.4 Å². The molecule has 0 amide bonds. The Bertz CT molecular complexity index is 552. The molecule has 4 nitrogen and oxygen atoms in total. The molecule has 0 radical (unpaired) electrons. The van der Waals surface area contributed by atoms with Crippen molar-refractivity contribution in [2.75, 3.05) is 13.4 Å². The van der Waals surface area contributed by atoms with Crippen molar-refractivity contribution in [3.63, 3.8) is 0 Å². The highest BCUT2D eigenvalue weighted by atomic mass is 16.6. The molecular weight excluding hydrogens is 280 g/mol. The van der Waals surface area contributed by atoms with Crippen LogP contribution in [-0.2, 0) is 4.74 Å². The van der Waals surface area contributed by atoms with Crippen molar-refractivity contribution < 1.29 is 19.7 Å². The lowest BCUT2D eigenvalue weighted by atomic mass is 10.0. The van der Waals surface area contributed by atoms with E-state index in [4.69, 9.17) is 5.11 Å². The summed E-state index contributed by atoms with van der Waals surface area (Å²) in [5.41, 5.74) is 1.15. The molecule has 22 heavy (non-hydrogen) atoms. The van der Waals surface area contributed by atoms with Gasteiger partial charge in [0.25, 0.3) is 0 Å². The second kappa shape index (κ2) is 10.5. The fourth-order valence-corrected chi connectivity index (χ4v) is 1.68. The van der Waals surface area contributed by atoms with Gasteiger partial charge in [-0.1, -0.05) is 66.7 Å². The predicted octanol–water partition coefficient (Wildman–Crippen LogP) is 2.74. The minimum Gasteiger partial charge on any atom is -0.380 e. The van der Waals surface area contributed by atoms with Gasteiger partial charge >= 0.3 is 0 Å². The quantitative estimate of drug-likeness (QED) is 0.372. The van der Waals surface area contributed by atoms with Crippen LogP contribution in [0.4, 0.5) is 0 Å². The fourth-order valence-electron chi connectivity index (χ4n) is 1.68. The van der Waals surface area contributed by atoms with Crippen molar-refractivity contribution >= 4 is 5.78 Å². The Morgan fingerprint density at radius 1 is 1.09 bits per heavy atom. The minimum atomic E-state index is -1.08. The predicted molar refractivity (Wildman–Crippen MR) is 85.4 cm³/mol. The summed E-state index contributed by atoms with van der Waals surface area (Å²) in [4.78, 5) is 11.9. The first kappa shape index (κ1) is 17.8. The van der Waals surface area contributed by atoms with Crippen LogP contribution in [0.2, 0.25) is 0 Å². The van der Waals surface area contributed by atoms with E-state index in [0.29, 0.717) is 17.7 Å². The SMILES string of the molecule is C=CCOCO.O=C(c1ccccc1)C(O)c1ccccc1. The number of benzene rings is 2. The van der Waals surface area contributed by atoms with Gasteiger partial charge in [0.05, 0.1) is 6.61 Å². The number of hydrogen-bond donors (Lipinski definition) is 2. The third-order valence-corrected chi connectivity index (χ3v) is 2.75. The molecule has 0 saturated carbocycles. The Morgan fingerprint density at radius 3 is 2.09 bits per heavy atom. The molecule has 2 aromatic rings. The number of rotatable bonds is 6. The minimum absolute atomic E-state index is 0.216. The van der Waals surface area contributed by atoms with E-state index < -0.39 is 6.10 Å². The van der Waals surface area contributed by atoms with Crippen molar-refractivity contribution in [2.24, 2.45) is 0 Å². The van der Waals surface area contributed by atoms with E-state index in [0.717, 1.165) is 0 Å². The van der Waals surface area contributed by atoms with Crippen LogP contribution >= 0.6 is 0 Å². The molecule has 0 aliphatic heterocycles. The molecule has 1 atom stereocenters. The number of aliphatic hydroxyl groups excluding tert-OH is 2. The number of carbonyl (C=O) groups excluding carboxylic acids is 1. The molecule has 0 bridgehead atoms. The van der Waals surface area contributed by atoms with Crippen molar-refractivity contribution in [3.8, 4) is 0 Å². The molecule has 0 fully saturated rings. The van der Waals surface area contributed by atoms with Crippen LogP contribution in [0.25, 0.3) is 0 Å². The summed E-state index contributed by atoms with van der Waals surface area (Å²) in [7, 11) is 0. The van der Waals surface area contributed by atoms with Crippen molar-refractivity contribution in [2.45, 2.75) is 6.10 Å². The Labute approximate surface area is 130 Å². The van der Waals surface area contributed by atoms with Gasteiger partial charge < -0.3 is 14.9 Å². The maximum Gasteiger partial charge on any atom is 0.195 e. The third-order valence-electron chi connectivity index (χ3n) is 2.75. The monoisotopic (exact) mass is 300 g/mol. The number of Topliss-reactive ketones (excluding diaryl/α,β-unsaturated/α-hetero) is 1. The van der Waals surface area contributed by atoms with Crippen molar-refractivity contribution in [3.05, 3.63) is 84.4 Å². The third kappa shape index (κ3) is 6.01. The Hall–Kier alpha value is -2.27. The Kier molecular flexibility index (Phi) is 8.45. The second-order valence-corrected chi connectivity index (χ2v) is 4.33. The van der Waals surface area contributed by atoms with E-state index in [9.17, 15) is 9.90 Å². The number of aliphatic hydroxyl groups is 2. The van der Waals surface area contributed by atoms with Crippen LogP contribution in [0.1, 0.15) is 22.0 Å². The molecule has 2 N–H and O–H groups in total. The zero-order chi connectivity index (χ0) is 16.2. The standard InChI is InChI=1S/C14H12O2.C4H8O2/c15-13(11-7-3-1-4-8-11)14(16)12-9-5-2-6-10-12;1-2-3-6-4-5/h1-10,13,15H;2,5H,1,3-4H2. The molecule has 1 unspecified atom stereocenters. The molecule has 0 heterocycles. The van der Waals surface area contributed by atoms with Crippen LogP contribution < -0.4 is 0 Å². The Balaban J connectivity index is 0.000000346. The van der Waals surface area contributed by atoms with E-state index in [1.54, 1.807) is 54.6 Å². The smallest absolute Gasteiger partial charge is 0.195 e. The largest absolute Gasteiger partial charge is 0.380 e. The van der Waals surface area contributed by atoms with Gasteiger partial charge in [-0.25, -0.2) is 0 Å². The summed E-state index contributed by atoms with van der Waals surface area (Å²) in [6.45, 7) is 3.57. The molecule has 0 aromatic heterocycles. The first-order valence-corrected chi connectivity index (χ1v) is 6.82. The van der Waals surface area contributed by atoms with E-state index in [2.05, 4.69) is 11.3 Å². The van der Waals surface area contributed by atoms with Gasteiger partial charge in [0, 0.05) is 5.56 Å². The highest BCUT2D eigenvalue weighted by molar-refractivity contribution is 5.99. The maximum absolute atomic E-state index is 11.9. The summed E-state index contributed by atoms with van der Waals surface area (Å²) in [5, 5.41) is 17.8. The van der Waals surface area contributed by atoms with Gasteiger partial charge in [-0.2, -0.15) is 0 Å². The van der Waals surface area contributed by atoms with Gasteiger partial charge in [0.15, 0.2) is 5.78 Å². The number of carbonyl (C=O) groups is 1. The molecule has 4 heteroatoms. The molecule has 0 aliphatic rings. The molecule has 2 rings (SSSR count). The van der Waals surface area contributed by atoms with Gasteiger partial charge in [-0.15, -0.1) is 6.58 Å². The summed E-state index contributed by atoms with van der Waals surface area (Å²) in [5.74, 6) is -0.271. The van der Waals surface area contributed by atoms with E-state index in [-0.39, 0.29) is 12.6 Å². The molecule has 0 saturated heterocycles. The van der Waals surface area contributed by atoms with Gasteiger partial charge in [0.2, 0.25) is 0 Å². The molecular formula is C18H20O4. The lowest BCUT2D eigenvalue weighted by Gasteiger charge is -2.09. The second-order valence-electron chi connectivity index (χ2n) is 4.33. The molecule has 2 aromatic carbocycles. The lowest BCUT2D eigenvalue weighted by molar-refractivity contribution is 0.0132. The van der Waals surface area contributed by atoms with E-state index in [1.165, 1.54) is 0 Å². The van der Waals surface area contributed by atoms with Gasteiger partial charge in [-0.3, -0.25) is 4.79 Å². The van der Waals surface area contributed by atoms with Crippen LogP contribution in [0.15, 0.2) is 73.3 Å². The summed E-state index contributed by atoms with van der Waals surface area (Å²) in [6, 6.07) is 17.7. The first-order chi connectivity index (χ1) is 10.7. The van der Waals surface area contributed by atoms with Crippen LogP contribution in [0.5, 0.6) is 0 Å². The fraction of sp³-hybridized carbons (Fsp3) is 0.167. The Morgan fingerprint density at radius 2 is 1.64 bits per heavy atom. The highest BCUT2D eigenvalue weighted by Crippen LogP contribution is 2.17. The average molecular weight is 300 g/mol. The van der Waals surface area contributed by atoms with Crippen molar-refractivity contribution in [1.82, 2.24) is 0 Å². The maximum atomic E-state index is 11.9. The summed E-state index contributed by atoms with van der Waals surface area (Å²) in [6.07, 6.45) is 0.500.